The van der Waals surface area contributed by atoms with Crippen LogP contribution in [0.25, 0.3) is 0 Å². The van der Waals surface area contributed by atoms with E-state index in [-0.39, 0.29) is 5.97 Å². The van der Waals surface area contributed by atoms with E-state index >= 15 is 0 Å². The number of carbonyl (C=O) groups excluding carboxylic acids is 1. The first-order chi connectivity index (χ1) is 3.54. The van der Waals surface area contributed by atoms with Gasteiger partial charge in [-0.15, -0.1) is 0 Å². The van der Waals surface area contributed by atoms with Gasteiger partial charge in [-0.2, -0.15) is 0 Å². The number of carbonyl (C=O) groups is 1. The summed E-state index contributed by atoms with van der Waals surface area (Å²) in [6, 6.07) is 0. The van der Waals surface area contributed by atoms with Crippen LogP contribution in [0.3, 0.4) is 0 Å². The van der Waals surface area contributed by atoms with Gasteiger partial charge in [-0.1, -0.05) is 6.58 Å². The van der Waals surface area contributed by atoms with Gasteiger partial charge in [0.25, 0.3) is 0 Å². The van der Waals surface area contributed by atoms with Crippen LogP contribution in [0.4, 0.5) is 0 Å². The predicted molar refractivity (Wildman–Crippen MR) is 29.3 cm³/mol. The normalized spacial score (nSPS) is 24.2. The maximum atomic E-state index is 10.3. The summed E-state index contributed by atoms with van der Waals surface area (Å²) >= 11 is 0. The van der Waals surface area contributed by atoms with Gasteiger partial charge in [0.1, 0.15) is 5.60 Å². The van der Waals surface area contributed by atoms with Gasteiger partial charge in [-0.25, -0.2) is 4.79 Å². The lowest BCUT2D eigenvalue weighted by molar-refractivity contribution is -0.166. The predicted octanol–water partition coefficient (Wildman–Crippen LogP) is 0.878. The van der Waals surface area contributed by atoms with Gasteiger partial charge in [0.15, 0.2) is 0 Å². The summed E-state index contributed by atoms with van der Waals surface area (Å²) in [6.45, 7) is 7.15. The zero-order valence-corrected chi connectivity index (χ0v) is 5.02. The van der Waals surface area contributed by atoms with E-state index in [1.807, 2.05) is 13.8 Å². The summed E-state index contributed by atoms with van der Waals surface area (Å²) in [5, 5.41) is 0. The lowest BCUT2D eigenvalue weighted by atomic mass is 9.94. The molecule has 0 saturated carbocycles. The maximum Gasteiger partial charge on any atom is 0.338 e. The number of esters is 1. The van der Waals surface area contributed by atoms with Gasteiger partial charge in [-0.05, 0) is 13.8 Å². The molecule has 0 N–H and O–H groups in total. The van der Waals surface area contributed by atoms with Crippen molar-refractivity contribution in [1.82, 2.24) is 0 Å². The van der Waals surface area contributed by atoms with Crippen LogP contribution < -0.4 is 0 Å². The van der Waals surface area contributed by atoms with Crippen molar-refractivity contribution in [2.75, 3.05) is 0 Å². The molecule has 2 heteroatoms. The van der Waals surface area contributed by atoms with E-state index in [1.165, 1.54) is 0 Å². The quantitative estimate of drug-likeness (QED) is 0.343. The monoisotopic (exact) mass is 112 g/mol. The fraction of sp³-hybridized carbons (Fsp3) is 0.500. The van der Waals surface area contributed by atoms with Crippen molar-refractivity contribution in [3.05, 3.63) is 12.2 Å². The molecule has 1 rings (SSSR count). The fourth-order valence-electron chi connectivity index (χ4n) is 0.554. The summed E-state index contributed by atoms with van der Waals surface area (Å²) in [5.41, 5.74) is 0.175. The zero-order chi connectivity index (χ0) is 6.36. The second-order valence-electron chi connectivity index (χ2n) is 2.38. The van der Waals surface area contributed by atoms with Gasteiger partial charge in [0, 0.05) is 0 Å². The average molecular weight is 112 g/mol. The van der Waals surface area contributed by atoms with Crippen LogP contribution in [0.1, 0.15) is 13.8 Å². The van der Waals surface area contributed by atoms with E-state index in [9.17, 15) is 4.79 Å². The lowest BCUT2D eigenvalue weighted by Gasteiger charge is -2.35. The van der Waals surface area contributed by atoms with E-state index in [0.29, 0.717) is 5.57 Å². The fourth-order valence-corrected chi connectivity index (χ4v) is 0.554. The maximum absolute atomic E-state index is 10.3. The minimum absolute atomic E-state index is 0.269. The number of ether oxygens (including phenoxy) is 1. The molecule has 0 amide bonds. The molecule has 0 radical (unpaired) electrons. The Balaban J connectivity index is 2.75. The van der Waals surface area contributed by atoms with Crippen LogP contribution >= 0.6 is 0 Å². The molecule has 0 aliphatic carbocycles. The van der Waals surface area contributed by atoms with Crippen molar-refractivity contribution in [2.24, 2.45) is 0 Å². The van der Waals surface area contributed by atoms with Crippen molar-refractivity contribution >= 4 is 5.97 Å². The standard InChI is InChI=1S/C6H8O2/c1-4-5(7)8-6(4,2)3/h1H2,2-3H3. The van der Waals surface area contributed by atoms with Gasteiger partial charge in [-0.3, -0.25) is 0 Å². The highest BCUT2D eigenvalue weighted by atomic mass is 16.6. The summed E-state index contributed by atoms with van der Waals surface area (Å²) in [5.74, 6) is -0.269. The Bertz CT molecular complexity index is 156. The molecule has 0 spiro atoms. The van der Waals surface area contributed by atoms with E-state index in [1.54, 1.807) is 0 Å². The van der Waals surface area contributed by atoms with Crippen molar-refractivity contribution in [1.29, 1.82) is 0 Å². The van der Waals surface area contributed by atoms with Crippen LogP contribution in [0, 0.1) is 0 Å². The van der Waals surface area contributed by atoms with Crippen molar-refractivity contribution in [2.45, 2.75) is 19.4 Å². The average Bonchev–Trinajstić information content (AvgIpc) is 1.65. The van der Waals surface area contributed by atoms with Gasteiger partial charge in [0.05, 0.1) is 5.57 Å². The molecule has 8 heavy (non-hydrogen) atoms. The molecule has 0 unspecified atom stereocenters. The summed E-state index contributed by atoms with van der Waals surface area (Å²) in [6.07, 6.45) is 0. The molecule has 44 valence electrons. The molecule has 0 bridgehead atoms. The molecule has 0 aromatic heterocycles. The smallest absolute Gasteiger partial charge is 0.338 e. The van der Waals surface area contributed by atoms with Crippen LogP contribution in [0.2, 0.25) is 0 Å². The summed E-state index contributed by atoms with van der Waals surface area (Å²) in [4.78, 5) is 10.3. The lowest BCUT2D eigenvalue weighted by Crippen LogP contribution is -2.44. The van der Waals surface area contributed by atoms with Crippen molar-refractivity contribution < 1.29 is 9.53 Å². The van der Waals surface area contributed by atoms with Gasteiger partial charge in [0.2, 0.25) is 0 Å². The third-order valence-corrected chi connectivity index (χ3v) is 1.32. The Morgan fingerprint density at radius 3 is 2.12 bits per heavy atom. The Morgan fingerprint density at radius 1 is 1.62 bits per heavy atom. The van der Waals surface area contributed by atoms with Crippen LogP contribution in [0.5, 0.6) is 0 Å². The van der Waals surface area contributed by atoms with Crippen molar-refractivity contribution in [3.63, 3.8) is 0 Å². The van der Waals surface area contributed by atoms with Crippen LogP contribution in [-0.2, 0) is 9.53 Å². The van der Waals surface area contributed by atoms with Gasteiger partial charge >= 0.3 is 5.97 Å². The minimum Gasteiger partial charge on any atom is -0.451 e. The molecule has 0 aromatic rings. The summed E-state index contributed by atoms with van der Waals surface area (Å²) < 4.78 is 4.70. The second-order valence-corrected chi connectivity index (χ2v) is 2.38. The SMILES string of the molecule is C=C1C(=O)OC1(C)C. The molecule has 1 heterocycles. The third-order valence-electron chi connectivity index (χ3n) is 1.32. The molecule has 2 nitrogen and oxygen atoms in total. The molecule has 0 atom stereocenters. The number of rotatable bonds is 0. The number of hydrogen-bond donors (Lipinski definition) is 0. The zero-order valence-electron chi connectivity index (χ0n) is 5.02. The Morgan fingerprint density at radius 2 is 2.12 bits per heavy atom. The first kappa shape index (κ1) is 5.35. The minimum atomic E-state index is -0.392. The molecular formula is C6H8O2. The molecular weight excluding hydrogens is 104 g/mol. The molecule has 1 fully saturated rings. The number of cyclic esters (lactones) is 1. The molecule has 0 aromatic carbocycles. The highest BCUT2D eigenvalue weighted by Gasteiger charge is 2.41. The highest BCUT2D eigenvalue weighted by Crippen LogP contribution is 2.30. The molecule has 1 aliphatic heterocycles. The first-order valence-corrected chi connectivity index (χ1v) is 2.47. The third kappa shape index (κ3) is 0.457. The molecule has 1 saturated heterocycles. The summed E-state index contributed by atoms with van der Waals surface area (Å²) in [7, 11) is 0. The second kappa shape index (κ2) is 1.13. The van der Waals surface area contributed by atoms with Gasteiger partial charge < -0.3 is 4.74 Å². The van der Waals surface area contributed by atoms with Crippen LogP contribution in [0.15, 0.2) is 12.2 Å². The van der Waals surface area contributed by atoms with Crippen LogP contribution in [-0.4, -0.2) is 11.6 Å². The Kier molecular flexibility index (Phi) is 0.756. The largest absolute Gasteiger partial charge is 0.451 e. The first-order valence-electron chi connectivity index (χ1n) is 2.47. The van der Waals surface area contributed by atoms with E-state index in [2.05, 4.69) is 6.58 Å². The highest BCUT2D eigenvalue weighted by molar-refractivity contribution is 5.96. The Hall–Kier alpha value is -0.790. The number of hydrogen-bond acceptors (Lipinski definition) is 2. The van der Waals surface area contributed by atoms with Crippen molar-refractivity contribution in [3.8, 4) is 0 Å². The van der Waals surface area contributed by atoms with E-state index < -0.39 is 5.60 Å². The van der Waals surface area contributed by atoms with E-state index in [0.717, 1.165) is 0 Å². The Labute approximate surface area is 48.1 Å². The molecule has 1 aliphatic rings. The van der Waals surface area contributed by atoms with E-state index in [4.69, 9.17) is 4.74 Å². The topological polar surface area (TPSA) is 26.3 Å².